The van der Waals surface area contributed by atoms with Crippen LogP contribution in [0.3, 0.4) is 0 Å². The molecule has 0 bridgehead atoms. The minimum absolute atomic E-state index is 0.0118. The van der Waals surface area contributed by atoms with E-state index in [0.29, 0.717) is 0 Å². The van der Waals surface area contributed by atoms with Crippen LogP contribution >= 0.6 is 15.9 Å². The van der Waals surface area contributed by atoms with E-state index in [-0.39, 0.29) is 4.47 Å². The number of phenols is 1. The van der Waals surface area contributed by atoms with E-state index in [1.165, 1.54) is 6.07 Å². The van der Waals surface area contributed by atoms with Gasteiger partial charge in [0.25, 0.3) is 0 Å². The molecule has 1 aromatic carbocycles. The van der Waals surface area contributed by atoms with E-state index in [1.54, 1.807) is 0 Å². The van der Waals surface area contributed by atoms with Crippen LogP contribution in [0.15, 0.2) is 16.6 Å². The summed E-state index contributed by atoms with van der Waals surface area (Å²) < 4.78 is 12.9. The van der Waals surface area contributed by atoms with Gasteiger partial charge in [-0.1, -0.05) is 0 Å². The Morgan fingerprint density at radius 1 is 1.50 bits per heavy atom. The molecule has 0 amide bonds. The molecule has 0 fully saturated rings. The monoisotopic (exact) mass is 234 g/mol. The maximum atomic E-state index is 12.9. The van der Waals surface area contributed by atoms with Crippen molar-refractivity contribution in [1.82, 2.24) is 0 Å². The highest BCUT2D eigenvalue weighted by atomic mass is 79.9. The van der Waals surface area contributed by atoms with Gasteiger partial charge in [-0.25, -0.2) is 9.18 Å². The zero-order valence-electron chi connectivity index (χ0n) is 5.71. The van der Waals surface area contributed by atoms with Gasteiger partial charge in [0.15, 0.2) is 5.82 Å². The second-order valence-electron chi connectivity index (χ2n) is 2.06. The predicted octanol–water partition coefficient (Wildman–Crippen LogP) is 1.99. The average molecular weight is 235 g/mol. The molecule has 0 saturated heterocycles. The van der Waals surface area contributed by atoms with Gasteiger partial charge in [-0.15, -0.1) is 0 Å². The summed E-state index contributed by atoms with van der Waals surface area (Å²) in [5.41, 5.74) is -0.718. The Morgan fingerprint density at radius 3 is 2.50 bits per heavy atom. The summed E-state index contributed by atoms with van der Waals surface area (Å²) in [5.74, 6) is -3.04. The summed E-state index contributed by atoms with van der Waals surface area (Å²) in [6.07, 6.45) is 0. The van der Waals surface area contributed by atoms with Crippen LogP contribution in [0.4, 0.5) is 4.39 Å². The molecule has 0 aliphatic heterocycles. The molecule has 0 radical (unpaired) electrons. The quantitative estimate of drug-likeness (QED) is 0.782. The van der Waals surface area contributed by atoms with Crippen LogP contribution in [0.25, 0.3) is 0 Å². The van der Waals surface area contributed by atoms with E-state index >= 15 is 0 Å². The van der Waals surface area contributed by atoms with Crippen molar-refractivity contribution in [1.29, 1.82) is 0 Å². The van der Waals surface area contributed by atoms with E-state index in [2.05, 4.69) is 15.9 Å². The van der Waals surface area contributed by atoms with Gasteiger partial charge in [0.1, 0.15) is 11.3 Å². The number of hydrogen-bond donors (Lipinski definition) is 2. The van der Waals surface area contributed by atoms with E-state index in [1.807, 2.05) is 0 Å². The smallest absolute Gasteiger partial charge is 0.342 e. The number of hydrogen-bond acceptors (Lipinski definition) is 2. The molecule has 3 nitrogen and oxygen atoms in total. The molecule has 0 aliphatic carbocycles. The summed E-state index contributed by atoms with van der Waals surface area (Å²) in [5, 5.41) is 17.4. The van der Waals surface area contributed by atoms with Gasteiger partial charge in [0.05, 0.1) is 4.47 Å². The van der Waals surface area contributed by atoms with Crippen LogP contribution in [0, 0.1) is 5.82 Å². The normalized spacial score (nSPS) is 9.83. The first-order valence-corrected chi connectivity index (χ1v) is 3.73. The maximum absolute atomic E-state index is 12.9. The third-order valence-corrected chi connectivity index (χ3v) is 1.90. The Morgan fingerprint density at radius 2 is 2.08 bits per heavy atom. The summed E-state index contributed by atoms with van der Waals surface area (Å²) in [6.45, 7) is 0. The van der Waals surface area contributed by atoms with Crippen molar-refractivity contribution in [2.24, 2.45) is 0 Å². The summed E-state index contributed by atoms with van der Waals surface area (Å²) in [6, 6.07) is 2.34. The molecule has 5 heteroatoms. The lowest BCUT2D eigenvalue weighted by atomic mass is 10.2. The summed E-state index contributed by atoms with van der Waals surface area (Å²) in [7, 11) is 0. The minimum atomic E-state index is -1.49. The molecular weight excluding hydrogens is 231 g/mol. The fourth-order valence-electron chi connectivity index (χ4n) is 0.744. The maximum Gasteiger partial charge on any atom is 0.342 e. The van der Waals surface area contributed by atoms with Crippen molar-refractivity contribution >= 4 is 21.9 Å². The minimum Gasteiger partial charge on any atom is -0.507 e. The third-order valence-electron chi connectivity index (χ3n) is 1.29. The standard InChI is InChI=1S/C7H4BrFO3/c8-3-1-2-4(10)5(6(3)9)7(11)12/h1-2,10H,(H,11,12). The zero-order chi connectivity index (χ0) is 9.30. The number of carboxylic acid groups (broad SMARTS) is 1. The van der Waals surface area contributed by atoms with E-state index in [0.717, 1.165) is 6.07 Å². The Kier molecular flexibility index (Phi) is 2.32. The highest BCUT2D eigenvalue weighted by Gasteiger charge is 2.17. The lowest BCUT2D eigenvalue weighted by molar-refractivity contribution is 0.0688. The molecule has 0 heterocycles. The highest BCUT2D eigenvalue weighted by molar-refractivity contribution is 9.10. The molecule has 0 aliphatic rings. The molecule has 2 N–H and O–H groups in total. The molecular formula is C7H4BrFO3. The second-order valence-corrected chi connectivity index (χ2v) is 2.91. The fourth-order valence-corrected chi connectivity index (χ4v) is 1.07. The van der Waals surface area contributed by atoms with Crippen LogP contribution in [0.5, 0.6) is 5.75 Å². The molecule has 0 saturated carbocycles. The van der Waals surface area contributed by atoms with Gasteiger partial charge >= 0.3 is 5.97 Å². The predicted molar refractivity (Wildman–Crippen MR) is 42.7 cm³/mol. The lowest BCUT2D eigenvalue weighted by Crippen LogP contribution is -2.01. The number of carbonyl (C=O) groups is 1. The topological polar surface area (TPSA) is 57.5 Å². The molecule has 64 valence electrons. The van der Waals surface area contributed by atoms with Gasteiger partial charge < -0.3 is 10.2 Å². The first kappa shape index (κ1) is 8.99. The molecule has 12 heavy (non-hydrogen) atoms. The second kappa shape index (κ2) is 3.10. The molecule has 0 unspecified atom stereocenters. The Bertz CT molecular complexity index is 338. The first-order valence-electron chi connectivity index (χ1n) is 2.94. The van der Waals surface area contributed by atoms with Crippen molar-refractivity contribution in [2.75, 3.05) is 0 Å². The van der Waals surface area contributed by atoms with Crippen molar-refractivity contribution in [3.8, 4) is 5.75 Å². The number of rotatable bonds is 1. The van der Waals surface area contributed by atoms with Crippen molar-refractivity contribution in [3.63, 3.8) is 0 Å². The van der Waals surface area contributed by atoms with Gasteiger partial charge in [0, 0.05) is 0 Å². The Hall–Kier alpha value is -1.10. The van der Waals surface area contributed by atoms with Crippen molar-refractivity contribution in [3.05, 3.63) is 28.0 Å². The summed E-state index contributed by atoms with van der Waals surface area (Å²) >= 11 is 2.80. The number of aromatic carboxylic acids is 1. The van der Waals surface area contributed by atoms with Gasteiger partial charge in [-0.2, -0.15) is 0 Å². The van der Waals surface area contributed by atoms with Gasteiger partial charge in [-0.3, -0.25) is 0 Å². The number of aromatic hydroxyl groups is 1. The first-order chi connectivity index (χ1) is 5.54. The Balaban J connectivity index is 3.43. The van der Waals surface area contributed by atoms with E-state index in [9.17, 15) is 9.18 Å². The van der Waals surface area contributed by atoms with E-state index in [4.69, 9.17) is 10.2 Å². The average Bonchev–Trinajstić information content (AvgIpc) is 1.97. The van der Waals surface area contributed by atoms with Crippen molar-refractivity contribution < 1.29 is 19.4 Å². The van der Waals surface area contributed by atoms with Crippen LogP contribution < -0.4 is 0 Å². The van der Waals surface area contributed by atoms with Crippen LogP contribution in [0.2, 0.25) is 0 Å². The van der Waals surface area contributed by atoms with E-state index < -0.39 is 23.1 Å². The molecule has 0 aromatic heterocycles. The van der Waals surface area contributed by atoms with Crippen LogP contribution in [-0.4, -0.2) is 16.2 Å². The highest BCUT2D eigenvalue weighted by Crippen LogP contribution is 2.26. The Labute approximate surface area is 75.6 Å². The van der Waals surface area contributed by atoms with Crippen LogP contribution in [-0.2, 0) is 0 Å². The molecule has 0 spiro atoms. The molecule has 0 atom stereocenters. The zero-order valence-corrected chi connectivity index (χ0v) is 7.30. The fraction of sp³-hybridized carbons (Fsp3) is 0. The lowest BCUT2D eigenvalue weighted by Gasteiger charge is -2.01. The summed E-state index contributed by atoms with van der Waals surface area (Å²) in [4.78, 5) is 10.4. The van der Waals surface area contributed by atoms with Gasteiger partial charge in [0.2, 0.25) is 0 Å². The van der Waals surface area contributed by atoms with Crippen LogP contribution in [0.1, 0.15) is 10.4 Å². The molecule has 1 aromatic rings. The largest absolute Gasteiger partial charge is 0.507 e. The SMILES string of the molecule is O=C(O)c1c(O)ccc(Br)c1F. The number of carboxylic acids is 1. The van der Waals surface area contributed by atoms with Gasteiger partial charge in [-0.05, 0) is 28.1 Å². The van der Waals surface area contributed by atoms with Crippen molar-refractivity contribution in [2.45, 2.75) is 0 Å². The number of benzene rings is 1. The third kappa shape index (κ3) is 1.40. The number of halogens is 2. The molecule has 1 rings (SSSR count).